The molecular weight excluding hydrogens is 540 g/mol. The van der Waals surface area contributed by atoms with Crippen molar-refractivity contribution in [2.24, 2.45) is 0 Å². The number of nitrogen functional groups attached to an aromatic ring is 2. The Balaban J connectivity index is 1.49. The SMILES string of the molecule is C#CCN(C(=O)NCCCC)N1CC(=O)N2[C@@H](Cc3ccc(N)cc3)C(=O)N(Cc3cccc4sc(N)nc34)C[C@@H]21. The summed E-state index contributed by atoms with van der Waals surface area (Å²) in [5, 5.41) is 6.46. The van der Waals surface area contributed by atoms with Crippen LogP contribution in [0.15, 0.2) is 42.5 Å². The van der Waals surface area contributed by atoms with Crippen LogP contribution < -0.4 is 16.8 Å². The Kier molecular flexibility index (Phi) is 8.28. The number of carbonyl (C=O) groups is 3. The van der Waals surface area contributed by atoms with Gasteiger partial charge in [0.2, 0.25) is 11.8 Å². The summed E-state index contributed by atoms with van der Waals surface area (Å²) >= 11 is 1.39. The number of rotatable bonds is 9. The van der Waals surface area contributed by atoms with Crippen LogP contribution in [0.3, 0.4) is 0 Å². The van der Waals surface area contributed by atoms with E-state index < -0.39 is 12.2 Å². The lowest BCUT2D eigenvalue weighted by atomic mass is 9.99. The summed E-state index contributed by atoms with van der Waals surface area (Å²) in [4.78, 5) is 48.6. The van der Waals surface area contributed by atoms with E-state index in [-0.39, 0.29) is 44.0 Å². The Labute approximate surface area is 243 Å². The van der Waals surface area contributed by atoms with Crippen molar-refractivity contribution in [2.45, 2.75) is 44.9 Å². The van der Waals surface area contributed by atoms with Gasteiger partial charge in [-0.15, -0.1) is 6.42 Å². The van der Waals surface area contributed by atoms with Gasteiger partial charge < -0.3 is 26.6 Å². The fraction of sp³-hybridized carbons (Fsp3) is 0.379. The molecule has 3 heterocycles. The average molecular weight is 575 g/mol. The highest BCUT2D eigenvalue weighted by Gasteiger charge is 2.52. The molecule has 11 nitrogen and oxygen atoms in total. The molecular formula is C29H34N8O3S. The molecule has 0 aliphatic carbocycles. The van der Waals surface area contributed by atoms with Crippen LogP contribution in [0.2, 0.25) is 0 Å². The topological polar surface area (TPSA) is 141 Å². The first-order valence-electron chi connectivity index (χ1n) is 13.6. The molecule has 0 bridgehead atoms. The number of aromatic nitrogens is 1. The third-order valence-corrected chi connectivity index (χ3v) is 8.30. The molecule has 1 aromatic heterocycles. The molecule has 0 unspecified atom stereocenters. The predicted molar refractivity (Wildman–Crippen MR) is 159 cm³/mol. The van der Waals surface area contributed by atoms with Crippen molar-refractivity contribution in [3.63, 3.8) is 0 Å². The lowest BCUT2D eigenvalue weighted by Crippen LogP contribution is -2.66. The van der Waals surface area contributed by atoms with Crippen molar-refractivity contribution in [1.82, 2.24) is 30.1 Å². The Morgan fingerprint density at radius 3 is 2.73 bits per heavy atom. The number of urea groups is 1. The van der Waals surface area contributed by atoms with E-state index in [1.807, 2.05) is 37.3 Å². The maximum Gasteiger partial charge on any atom is 0.332 e. The number of para-hydroxylation sites is 1. The molecule has 0 saturated carbocycles. The van der Waals surface area contributed by atoms with Crippen molar-refractivity contribution in [2.75, 3.05) is 37.6 Å². The van der Waals surface area contributed by atoms with Crippen LogP contribution in [-0.2, 0) is 22.6 Å². The van der Waals surface area contributed by atoms with Gasteiger partial charge in [-0.05, 0) is 35.7 Å². The molecule has 214 valence electrons. The van der Waals surface area contributed by atoms with Gasteiger partial charge in [0.15, 0.2) is 5.13 Å². The summed E-state index contributed by atoms with van der Waals surface area (Å²) in [5.41, 5.74) is 15.0. The normalized spacial score (nSPS) is 18.9. The second-order valence-corrected chi connectivity index (χ2v) is 11.3. The van der Waals surface area contributed by atoms with Crippen LogP contribution in [-0.4, -0.2) is 81.0 Å². The number of benzene rings is 2. The molecule has 41 heavy (non-hydrogen) atoms. The molecule has 2 atom stereocenters. The first kappa shape index (κ1) is 28.2. The van der Waals surface area contributed by atoms with Crippen molar-refractivity contribution in [1.29, 1.82) is 0 Å². The summed E-state index contributed by atoms with van der Waals surface area (Å²) in [6.07, 6.45) is 7.12. The number of amides is 4. The van der Waals surface area contributed by atoms with Gasteiger partial charge in [0.25, 0.3) is 0 Å². The van der Waals surface area contributed by atoms with E-state index in [1.165, 1.54) is 16.3 Å². The van der Waals surface area contributed by atoms with Crippen LogP contribution in [0.1, 0.15) is 30.9 Å². The van der Waals surface area contributed by atoms with Gasteiger partial charge in [-0.1, -0.05) is 54.9 Å². The number of terminal acetylenes is 1. The van der Waals surface area contributed by atoms with E-state index in [4.69, 9.17) is 17.9 Å². The maximum atomic E-state index is 14.1. The standard InChI is InChI=1S/C29H34N8O3S/c1-3-5-13-32-29(40)35(14-4-2)36-18-25(38)37-22(15-19-9-11-21(30)12-10-19)27(39)34(17-24(36)37)16-20-7-6-8-23-26(20)33-28(31)41-23/h2,6-12,22,24H,3,5,13-18,30H2,1H3,(H2,31,33)(H,32,40)/t22-,24+/m0/s1. The third kappa shape index (κ3) is 5.77. The van der Waals surface area contributed by atoms with Gasteiger partial charge in [0.1, 0.15) is 12.2 Å². The Morgan fingerprint density at radius 1 is 1.22 bits per heavy atom. The largest absolute Gasteiger partial charge is 0.399 e. The van der Waals surface area contributed by atoms with Crippen LogP contribution in [0.4, 0.5) is 15.6 Å². The summed E-state index contributed by atoms with van der Waals surface area (Å²) in [6.45, 7) is 2.94. The first-order valence-corrected chi connectivity index (χ1v) is 14.5. The van der Waals surface area contributed by atoms with Crippen LogP contribution in [0.5, 0.6) is 0 Å². The third-order valence-electron chi connectivity index (χ3n) is 7.45. The van der Waals surface area contributed by atoms with E-state index in [1.54, 1.807) is 26.9 Å². The highest BCUT2D eigenvalue weighted by molar-refractivity contribution is 7.22. The summed E-state index contributed by atoms with van der Waals surface area (Å²) < 4.78 is 0.936. The van der Waals surface area contributed by atoms with Crippen LogP contribution in [0, 0.1) is 12.3 Å². The molecule has 0 radical (unpaired) electrons. The minimum absolute atomic E-state index is 0.0104. The molecule has 2 aromatic carbocycles. The number of hydrogen-bond acceptors (Lipinski definition) is 8. The molecule has 12 heteroatoms. The molecule has 2 saturated heterocycles. The summed E-state index contributed by atoms with van der Waals surface area (Å²) in [7, 11) is 0. The van der Waals surface area contributed by atoms with Crippen LogP contribution in [0.25, 0.3) is 10.2 Å². The fourth-order valence-electron chi connectivity index (χ4n) is 5.45. The zero-order valence-corrected chi connectivity index (χ0v) is 23.8. The molecule has 0 spiro atoms. The van der Waals surface area contributed by atoms with Crippen molar-refractivity contribution in [3.8, 4) is 12.3 Å². The van der Waals surface area contributed by atoms with Crippen molar-refractivity contribution in [3.05, 3.63) is 53.6 Å². The second-order valence-electron chi connectivity index (χ2n) is 10.2. The monoisotopic (exact) mass is 574 g/mol. The molecule has 2 aliphatic rings. The molecule has 5 rings (SSSR count). The van der Waals surface area contributed by atoms with E-state index in [9.17, 15) is 14.4 Å². The Hall–Kier alpha value is -4.34. The minimum atomic E-state index is -0.773. The molecule has 5 N–H and O–H groups in total. The number of hydrazine groups is 1. The van der Waals surface area contributed by atoms with Crippen LogP contribution >= 0.6 is 11.3 Å². The molecule has 4 amide bonds. The highest BCUT2D eigenvalue weighted by Crippen LogP contribution is 2.32. The number of nitrogens with zero attached hydrogens (tertiary/aromatic N) is 5. The lowest BCUT2D eigenvalue weighted by molar-refractivity contribution is -0.157. The van der Waals surface area contributed by atoms with Gasteiger partial charge in [-0.25, -0.2) is 14.8 Å². The fourth-order valence-corrected chi connectivity index (χ4v) is 6.23. The van der Waals surface area contributed by atoms with Gasteiger partial charge in [-0.3, -0.25) is 9.59 Å². The molecule has 3 aromatic rings. The average Bonchev–Trinajstić information content (AvgIpc) is 3.49. The number of carbonyl (C=O) groups excluding carboxylic acids is 3. The zero-order chi connectivity index (χ0) is 29.1. The number of piperazine rings is 1. The van der Waals surface area contributed by atoms with E-state index >= 15 is 0 Å². The number of fused-ring (bicyclic) bond motifs is 2. The van der Waals surface area contributed by atoms with Gasteiger partial charge in [0.05, 0.1) is 29.9 Å². The second kappa shape index (κ2) is 12.0. The predicted octanol–water partition coefficient (Wildman–Crippen LogP) is 2.24. The first-order chi connectivity index (χ1) is 19.8. The number of hydrogen-bond donors (Lipinski definition) is 3. The number of anilines is 2. The quantitative estimate of drug-likeness (QED) is 0.202. The zero-order valence-electron chi connectivity index (χ0n) is 23.0. The minimum Gasteiger partial charge on any atom is -0.399 e. The van der Waals surface area contributed by atoms with Gasteiger partial charge in [-0.2, -0.15) is 5.01 Å². The van der Waals surface area contributed by atoms with Crippen molar-refractivity contribution < 1.29 is 14.4 Å². The number of nitrogens with one attached hydrogen (secondary N) is 1. The maximum absolute atomic E-state index is 14.1. The summed E-state index contributed by atoms with van der Waals surface area (Å²) in [6, 6.07) is 11.9. The summed E-state index contributed by atoms with van der Waals surface area (Å²) in [5.74, 6) is 2.14. The van der Waals surface area contributed by atoms with Gasteiger partial charge >= 0.3 is 6.03 Å². The van der Waals surface area contributed by atoms with Gasteiger partial charge in [0, 0.05) is 25.2 Å². The molecule has 2 fully saturated rings. The Bertz CT molecular complexity index is 1480. The van der Waals surface area contributed by atoms with E-state index in [0.717, 1.165) is 34.2 Å². The number of thiazole rings is 1. The molecule has 2 aliphatic heterocycles. The van der Waals surface area contributed by atoms with E-state index in [0.29, 0.717) is 23.8 Å². The Morgan fingerprint density at radius 2 is 2.00 bits per heavy atom. The number of unbranched alkanes of at least 4 members (excludes halogenated alkanes) is 1. The smallest absolute Gasteiger partial charge is 0.332 e. The number of nitrogens with two attached hydrogens (primary N) is 2. The highest BCUT2D eigenvalue weighted by atomic mass is 32.1. The lowest BCUT2D eigenvalue weighted by Gasteiger charge is -2.46. The van der Waals surface area contributed by atoms with E-state index in [2.05, 4.69) is 16.2 Å². The van der Waals surface area contributed by atoms with Crippen molar-refractivity contribution >= 4 is 50.2 Å².